The fourth-order valence-electron chi connectivity index (χ4n) is 3.23. The molecule has 1 aromatic heterocycles. The Balaban J connectivity index is 1.61. The number of carbonyl (C=O) groups is 2. The van der Waals surface area contributed by atoms with Gasteiger partial charge in [-0.15, -0.1) is 0 Å². The van der Waals surface area contributed by atoms with E-state index in [9.17, 15) is 9.59 Å². The summed E-state index contributed by atoms with van der Waals surface area (Å²) in [5.41, 5.74) is 7.44. The van der Waals surface area contributed by atoms with Crippen molar-refractivity contribution in [3.8, 4) is 0 Å². The van der Waals surface area contributed by atoms with Crippen LogP contribution in [-0.2, 0) is 6.54 Å². The first kappa shape index (κ1) is 19.2. The van der Waals surface area contributed by atoms with Crippen LogP contribution in [0.1, 0.15) is 16.1 Å². The van der Waals surface area contributed by atoms with E-state index in [0.717, 1.165) is 40.6 Å². The molecule has 0 radical (unpaired) electrons. The van der Waals surface area contributed by atoms with Gasteiger partial charge in [0.15, 0.2) is 5.69 Å². The quantitative estimate of drug-likeness (QED) is 0.854. The van der Waals surface area contributed by atoms with Crippen LogP contribution in [0.5, 0.6) is 0 Å². The first-order valence-electron chi connectivity index (χ1n) is 8.68. The van der Waals surface area contributed by atoms with E-state index in [-0.39, 0.29) is 11.7 Å². The molecular formula is C18H23ClN6O2. The lowest BCUT2D eigenvalue weighted by Gasteiger charge is -2.35. The number of hydrogen-bond acceptors (Lipinski definition) is 5. The van der Waals surface area contributed by atoms with Crippen molar-refractivity contribution in [2.45, 2.75) is 6.54 Å². The molecule has 3 rings (SSSR count). The van der Waals surface area contributed by atoms with Crippen LogP contribution in [0.2, 0.25) is 5.02 Å². The highest BCUT2D eigenvalue weighted by Gasteiger charge is 2.24. The SMILES string of the molecule is CN(C)c1c(Cl)cccc1CN1CCN(C(=O)n2ccc(C(N)=O)n2)CC1. The molecule has 0 spiro atoms. The summed E-state index contributed by atoms with van der Waals surface area (Å²) in [5.74, 6) is -0.649. The van der Waals surface area contributed by atoms with Crippen LogP contribution in [0.15, 0.2) is 30.5 Å². The Labute approximate surface area is 163 Å². The van der Waals surface area contributed by atoms with Gasteiger partial charge in [-0.25, -0.2) is 4.79 Å². The number of benzene rings is 1. The van der Waals surface area contributed by atoms with Crippen LogP contribution in [0.4, 0.5) is 10.5 Å². The van der Waals surface area contributed by atoms with E-state index in [1.807, 2.05) is 31.1 Å². The van der Waals surface area contributed by atoms with Crippen molar-refractivity contribution in [1.82, 2.24) is 19.6 Å². The molecule has 0 atom stereocenters. The summed E-state index contributed by atoms with van der Waals surface area (Å²) in [7, 11) is 3.96. The van der Waals surface area contributed by atoms with Gasteiger partial charge in [-0.05, 0) is 17.7 Å². The number of piperazine rings is 1. The van der Waals surface area contributed by atoms with Gasteiger partial charge in [-0.1, -0.05) is 23.7 Å². The molecule has 1 aliphatic heterocycles. The van der Waals surface area contributed by atoms with E-state index in [2.05, 4.69) is 16.1 Å². The average Bonchev–Trinajstić information content (AvgIpc) is 3.12. The Morgan fingerprint density at radius 3 is 2.48 bits per heavy atom. The number of nitrogens with two attached hydrogens (primary N) is 1. The maximum atomic E-state index is 12.5. The number of anilines is 1. The fraction of sp³-hybridized carbons (Fsp3) is 0.389. The first-order chi connectivity index (χ1) is 12.9. The van der Waals surface area contributed by atoms with Crippen molar-refractivity contribution >= 4 is 29.2 Å². The molecule has 2 amide bonds. The van der Waals surface area contributed by atoms with Gasteiger partial charge in [0.05, 0.1) is 10.7 Å². The maximum Gasteiger partial charge on any atom is 0.344 e. The Kier molecular flexibility index (Phi) is 5.67. The van der Waals surface area contributed by atoms with E-state index in [1.165, 1.54) is 12.3 Å². The van der Waals surface area contributed by atoms with Crippen molar-refractivity contribution in [3.63, 3.8) is 0 Å². The van der Waals surface area contributed by atoms with Gasteiger partial charge in [-0.2, -0.15) is 9.78 Å². The minimum absolute atomic E-state index is 0.0826. The Bertz CT molecular complexity index is 842. The number of halogens is 1. The molecule has 0 unspecified atom stereocenters. The zero-order valence-electron chi connectivity index (χ0n) is 15.4. The molecule has 1 fully saturated rings. The van der Waals surface area contributed by atoms with Crippen LogP contribution < -0.4 is 10.6 Å². The number of aromatic nitrogens is 2. The summed E-state index contributed by atoms with van der Waals surface area (Å²) in [6.45, 7) is 3.43. The number of hydrogen-bond donors (Lipinski definition) is 1. The van der Waals surface area contributed by atoms with Crippen LogP contribution in [0.25, 0.3) is 0 Å². The molecule has 0 aliphatic carbocycles. The zero-order chi connectivity index (χ0) is 19.6. The van der Waals surface area contributed by atoms with E-state index in [0.29, 0.717) is 13.1 Å². The third-order valence-electron chi connectivity index (χ3n) is 4.59. The molecule has 2 N–H and O–H groups in total. The predicted octanol–water partition coefficient (Wildman–Crippen LogP) is 1.49. The van der Waals surface area contributed by atoms with E-state index in [4.69, 9.17) is 17.3 Å². The fourth-order valence-corrected chi connectivity index (χ4v) is 3.60. The Morgan fingerprint density at radius 2 is 1.89 bits per heavy atom. The standard InChI is InChI=1S/C18H23ClN6O2/c1-22(2)16-13(4-3-5-14(16)19)12-23-8-10-24(11-9-23)18(27)25-7-6-15(21-25)17(20)26/h3-7H,8-12H2,1-2H3,(H2,20,26). The van der Waals surface area contributed by atoms with Crippen LogP contribution in [0.3, 0.4) is 0 Å². The van der Waals surface area contributed by atoms with Crippen molar-refractivity contribution in [3.05, 3.63) is 46.7 Å². The monoisotopic (exact) mass is 390 g/mol. The summed E-state index contributed by atoms with van der Waals surface area (Å²) in [4.78, 5) is 29.7. The lowest BCUT2D eigenvalue weighted by atomic mass is 10.1. The normalized spacial score (nSPS) is 15.0. The van der Waals surface area contributed by atoms with Gasteiger partial charge >= 0.3 is 6.03 Å². The van der Waals surface area contributed by atoms with Gasteiger partial charge in [0.2, 0.25) is 0 Å². The second kappa shape index (κ2) is 7.98. The summed E-state index contributed by atoms with van der Waals surface area (Å²) in [6, 6.07) is 7.12. The molecule has 0 bridgehead atoms. The molecule has 2 heterocycles. The second-order valence-corrected chi connectivity index (χ2v) is 7.10. The molecule has 1 saturated heterocycles. The highest BCUT2D eigenvalue weighted by molar-refractivity contribution is 6.33. The minimum atomic E-state index is -0.649. The van der Waals surface area contributed by atoms with Gasteiger partial charge in [0.1, 0.15) is 0 Å². The van der Waals surface area contributed by atoms with Crippen molar-refractivity contribution < 1.29 is 9.59 Å². The molecule has 9 heteroatoms. The molecule has 0 saturated carbocycles. The zero-order valence-corrected chi connectivity index (χ0v) is 16.2. The van der Waals surface area contributed by atoms with Crippen molar-refractivity contribution in [1.29, 1.82) is 0 Å². The van der Waals surface area contributed by atoms with Crippen LogP contribution >= 0.6 is 11.6 Å². The highest BCUT2D eigenvalue weighted by Crippen LogP contribution is 2.29. The first-order valence-corrected chi connectivity index (χ1v) is 9.06. The number of nitrogens with zero attached hydrogens (tertiary/aromatic N) is 5. The number of para-hydroxylation sites is 1. The molecule has 1 aliphatic rings. The van der Waals surface area contributed by atoms with E-state index >= 15 is 0 Å². The third kappa shape index (κ3) is 4.23. The van der Waals surface area contributed by atoms with Gasteiger partial charge in [0.25, 0.3) is 5.91 Å². The van der Waals surface area contributed by atoms with Crippen molar-refractivity contribution in [2.24, 2.45) is 5.73 Å². The molecular weight excluding hydrogens is 368 g/mol. The lowest BCUT2D eigenvalue weighted by molar-refractivity contribution is 0.0995. The predicted molar refractivity (Wildman–Crippen MR) is 104 cm³/mol. The summed E-state index contributed by atoms with van der Waals surface area (Å²) >= 11 is 6.34. The average molecular weight is 391 g/mol. The summed E-state index contributed by atoms with van der Waals surface area (Å²) in [5, 5.41) is 4.66. The van der Waals surface area contributed by atoms with Crippen LogP contribution in [-0.4, -0.2) is 71.8 Å². The third-order valence-corrected chi connectivity index (χ3v) is 4.90. The largest absolute Gasteiger partial charge is 0.376 e. The Hall–Kier alpha value is -2.58. The number of amides is 2. The van der Waals surface area contributed by atoms with E-state index in [1.54, 1.807) is 4.90 Å². The number of rotatable bonds is 4. The molecule has 27 heavy (non-hydrogen) atoms. The summed E-state index contributed by atoms with van der Waals surface area (Å²) in [6.07, 6.45) is 1.46. The number of primary amides is 1. The van der Waals surface area contributed by atoms with Crippen molar-refractivity contribution in [2.75, 3.05) is 45.2 Å². The smallest absolute Gasteiger partial charge is 0.344 e. The molecule has 1 aromatic carbocycles. The second-order valence-electron chi connectivity index (χ2n) is 6.70. The molecule has 144 valence electrons. The highest BCUT2D eigenvalue weighted by atomic mass is 35.5. The Morgan fingerprint density at radius 1 is 1.19 bits per heavy atom. The van der Waals surface area contributed by atoms with Gasteiger partial charge in [-0.3, -0.25) is 9.69 Å². The molecule has 2 aromatic rings. The van der Waals surface area contributed by atoms with Gasteiger partial charge in [0, 0.05) is 53.0 Å². The maximum absolute atomic E-state index is 12.5. The number of carbonyl (C=O) groups excluding carboxylic acids is 2. The van der Waals surface area contributed by atoms with E-state index < -0.39 is 5.91 Å². The topological polar surface area (TPSA) is 87.7 Å². The lowest BCUT2D eigenvalue weighted by Crippen LogP contribution is -2.49. The minimum Gasteiger partial charge on any atom is -0.376 e. The van der Waals surface area contributed by atoms with Crippen LogP contribution in [0, 0.1) is 0 Å². The summed E-state index contributed by atoms with van der Waals surface area (Å²) < 4.78 is 1.16. The molecule has 8 nitrogen and oxygen atoms in total. The van der Waals surface area contributed by atoms with Gasteiger partial charge < -0.3 is 15.5 Å².